The van der Waals surface area contributed by atoms with Gasteiger partial charge in [0.2, 0.25) is 0 Å². The van der Waals surface area contributed by atoms with Gasteiger partial charge in [-0.15, -0.1) is 11.3 Å². The summed E-state index contributed by atoms with van der Waals surface area (Å²) in [5.74, 6) is -0.437. The van der Waals surface area contributed by atoms with Crippen molar-refractivity contribution in [2.24, 2.45) is 0 Å². The predicted molar refractivity (Wildman–Crippen MR) is 125 cm³/mol. The molecule has 0 aliphatic heterocycles. The lowest BCUT2D eigenvalue weighted by Crippen LogP contribution is -2.30. The van der Waals surface area contributed by atoms with Gasteiger partial charge in [0.05, 0.1) is 11.8 Å². The van der Waals surface area contributed by atoms with Crippen molar-refractivity contribution in [3.05, 3.63) is 56.4 Å². The number of aromatic nitrogens is 2. The number of aromatic amines is 1. The Balaban J connectivity index is 1.33. The highest BCUT2D eigenvalue weighted by atomic mass is 32.1. The van der Waals surface area contributed by atoms with Gasteiger partial charge < -0.3 is 15.0 Å². The van der Waals surface area contributed by atoms with Crippen molar-refractivity contribution in [2.45, 2.75) is 64.9 Å². The van der Waals surface area contributed by atoms with Gasteiger partial charge in [0.25, 0.3) is 11.5 Å². The molecule has 3 aromatic rings. The molecule has 0 saturated heterocycles. The molecular weight excluding hydrogens is 426 g/mol. The Kier molecular flexibility index (Phi) is 6.69. The van der Waals surface area contributed by atoms with Gasteiger partial charge in [-0.2, -0.15) is 0 Å². The Bertz CT molecular complexity index is 1200. The number of nitrogens with zero attached hydrogens (tertiary/aromatic N) is 1. The molecule has 1 atom stereocenters. The second kappa shape index (κ2) is 9.65. The third kappa shape index (κ3) is 4.91. The maximum Gasteiger partial charge on any atom is 0.307 e. The third-order valence-electron chi connectivity index (χ3n) is 5.75. The second-order valence-electron chi connectivity index (χ2n) is 8.08. The number of fused-ring (bicyclic) bond motifs is 3. The predicted octanol–water partition coefficient (Wildman–Crippen LogP) is 3.93. The molecule has 1 aromatic carbocycles. The van der Waals surface area contributed by atoms with E-state index < -0.39 is 12.1 Å². The molecule has 32 heavy (non-hydrogen) atoms. The molecule has 0 radical (unpaired) electrons. The number of benzene rings is 1. The maximum atomic E-state index is 12.6. The van der Waals surface area contributed by atoms with E-state index in [1.54, 1.807) is 11.3 Å². The van der Waals surface area contributed by atoms with Crippen molar-refractivity contribution in [3.8, 4) is 0 Å². The molecule has 2 heterocycles. The average molecular weight is 454 g/mol. The molecule has 7 nitrogen and oxygen atoms in total. The molecule has 2 N–H and O–H groups in total. The van der Waals surface area contributed by atoms with Crippen LogP contribution in [0, 0.1) is 0 Å². The van der Waals surface area contributed by atoms with E-state index in [1.807, 2.05) is 24.3 Å². The van der Waals surface area contributed by atoms with Crippen LogP contribution in [0.5, 0.6) is 0 Å². The second-order valence-corrected chi connectivity index (χ2v) is 9.16. The van der Waals surface area contributed by atoms with Gasteiger partial charge in [0.1, 0.15) is 10.7 Å². The van der Waals surface area contributed by atoms with Gasteiger partial charge >= 0.3 is 5.97 Å². The number of aryl methyl sites for hydroxylation is 4. The summed E-state index contributed by atoms with van der Waals surface area (Å²) in [5, 5.41) is 3.45. The lowest BCUT2D eigenvalue weighted by Gasteiger charge is -2.13. The van der Waals surface area contributed by atoms with Crippen LogP contribution < -0.4 is 10.9 Å². The first kappa shape index (κ1) is 22.2. The van der Waals surface area contributed by atoms with Crippen LogP contribution in [-0.2, 0) is 40.0 Å². The van der Waals surface area contributed by atoms with E-state index in [2.05, 4.69) is 22.2 Å². The number of ether oxygens (including phenoxy) is 1. The van der Waals surface area contributed by atoms with Crippen LogP contribution in [-0.4, -0.2) is 27.9 Å². The quantitative estimate of drug-likeness (QED) is 0.528. The zero-order valence-corrected chi connectivity index (χ0v) is 19.1. The maximum absolute atomic E-state index is 12.6. The van der Waals surface area contributed by atoms with Gasteiger partial charge in [-0.3, -0.25) is 14.4 Å². The van der Waals surface area contributed by atoms with Crippen LogP contribution in [0.3, 0.4) is 0 Å². The first-order valence-corrected chi connectivity index (χ1v) is 11.9. The number of amides is 1. The van der Waals surface area contributed by atoms with Gasteiger partial charge in [0, 0.05) is 17.0 Å². The SMILES string of the molecule is CCc1ccc(NC(=O)[C@@H](C)OC(=O)CCc2nc3sc4c(c3c(=O)[nH]2)CCCC4)cc1. The number of carbonyl (C=O) groups excluding carboxylic acids is 2. The molecule has 0 unspecified atom stereocenters. The fraction of sp³-hybridized carbons (Fsp3) is 0.417. The summed E-state index contributed by atoms with van der Waals surface area (Å²) in [6.07, 6.45) is 4.45. The summed E-state index contributed by atoms with van der Waals surface area (Å²) >= 11 is 1.58. The van der Waals surface area contributed by atoms with Crippen LogP contribution in [0.15, 0.2) is 29.1 Å². The van der Waals surface area contributed by atoms with Gasteiger partial charge in [-0.25, -0.2) is 4.98 Å². The minimum atomic E-state index is -0.924. The van der Waals surface area contributed by atoms with Crippen molar-refractivity contribution in [2.75, 3.05) is 5.32 Å². The van der Waals surface area contributed by atoms with Crippen LogP contribution in [0.1, 0.15) is 54.9 Å². The average Bonchev–Trinajstić information content (AvgIpc) is 3.17. The number of anilines is 1. The number of carbonyl (C=O) groups is 2. The Labute approximate surface area is 190 Å². The number of thiophene rings is 1. The minimum absolute atomic E-state index is 0.0301. The fourth-order valence-corrected chi connectivity index (χ4v) is 5.21. The summed E-state index contributed by atoms with van der Waals surface area (Å²) in [6.45, 7) is 3.60. The van der Waals surface area contributed by atoms with Crippen molar-refractivity contribution in [1.29, 1.82) is 0 Å². The first-order chi connectivity index (χ1) is 15.4. The van der Waals surface area contributed by atoms with E-state index in [0.29, 0.717) is 16.9 Å². The van der Waals surface area contributed by atoms with Crippen LogP contribution >= 0.6 is 11.3 Å². The monoisotopic (exact) mass is 453 g/mol. The lowest BCUT2D eigenvalue weighted by molar-refractivity contribution is -0.153. The number of hydrogen-bond donors (Lipinski definition) is 2. The topological polar surface area (TPSA) is 101 Å². The molecule has 0 bridgehead atoms. The number of nitrogens with one attached hydrogen (secondary N) is 2. The summed E-state index contributed by atoms with van der Waals surface area (Å²) in [6, 6.07) is 7.54. The van der Waals surface area contributed by atoms with Crippen LogP contribution in [0.2, 0.25) is 0 Å². The van der Waals surface area contributed by atoms with Crippen LogP contribution in [0.4, 0.5) is 5.69 Å². The third-order valence-corrected chi connectivity index (χ3v) is 6.93. The van der Waals surface area contributed by atoms with E-state index >= 15 is 0 Å². The lowest BCUT2D eigenvalue weighted by atomic mass is 9.97. The molecule has 4 rings (SSSR count). The molecule has 8 heteroatoms. The largest absolute Gasteiger partial charge is 0.453 e. The molecular formula is C24H27N3O4S. The van der Waals surface area contributed by atoms with Crippen molar-refractivity contribution in [1.82, 2.24) is 9.97 Å². The van der Waals surface area contributed by atoms with Gasteiger partial charge in [-0.1, -0.05) is 19.1 Å². The van der Waals surface area contributed by atoms with Crippen molar-refractivity contribution < 1.29 is 14.3 Å². The highest BCUT2D eigenvalue weighted by Gasteiger charge is 2.21. The zero-order valence-electron chi connectivity index (χ0n) is 18.3. The number of H-pyrrole nitrogens is 1. The summed E-state index contributed by atoms with van der Waals surface area (Å²) in [4.78, 5) is 46.6. The first-order valence-electron chi connectivity index (χ1n) is 11.1. The van der Waals surface area contributed by atoms with Crippen LogP contribution in [0.25, 0.3) is 10.2 Å². The standard InChI is InChI=1S/C24H27N3O4S/c1-3-15-8-10-16(11-9-15)25-22(29)14(2)31-20(28)13-12-19-26-23(30)21-17-6-4-5-7-18(17)32-24(21)27-19/h8-11,14H,3-7,12-13H2,1-2H3,(H,25,29)(H,26,27,30)/t14-/m1/s1. The molecule has 0 spiro atoms. The number of hydrogen-bond acceptors (Lipinski definition) is 6. The Morgan fingerprint density at radius 1 is 1.22 bits per heavy atom. The summed E-state index contributed by atoms with van der Waals surface area (Å²) < 4.78 is 5.27. The van der Waals surface area contributed by atoms with E-state index in [9.17, 15) is 14.4 Å². The zero-order chi connectivity index (χ0) is 22.7. The Morgan fingerprint density at radius 2 is 1.97 bits per heavy atom. The molecule has 1 aliphatic carbocycles. The Morgan fingerprint density at radius 3 is 2.72 bits per heavy atom. The molecule has 0 saturated carbocycles. The minimum Gasteiger partial charge on any atom is -0.453 e. The van der Waals surface area contributed by atoms with Gasteiger partial charge in [-0.05, 0) is 62.3 Å². The van der Waals surface area contributed by atoms with Gasteiger partial charge in [0.15, 0.2) is 6.10 Å². The Hall–Kier alpha value is -3.00. The molecule has 0 fully saturated rings. The molecule has 1 amide bonds. The fourth-order valence-electron chi connectivity index (χ4n) is 3.92. The summed E-state index contributed by atoms with van der Waals surface area (Å²) in [7, 11) is 0. The highest BCUT2D eigenvalue weighted by Crippen LogP contribution is 2.33. The molecule has 1 aliphatic rings. The molecule has 168 valence electrons. The normalized spacial score (nSPS) is 14.1. The van der Waals surface area contributed by atoms with Crippen molar-refractivity contribution in [3.63, 3.8) is 0 Å². The number of rotatable bonds is 7. The van der Waals surface area contributed by atoms with E-state index in [1.165, 1.54) is 17.4 Å². The smallest absolute Gasteiger partial charge is 0.307 e. The number of esters is 1. The highest BCUT2D eigenvalue weighted by molar-refractivity contribution is 7.18. The van der Waals surface area contributed by atoms with E-state index in [0.717, 1.165) is 42.5 Å². The molecule has 2 aromatic heterocycles. The summed E-state index contributed by atoms with van der Waals surface area (Å²) in [5.41, 5.74) is 2.83. The van der Waals surface area contributed by atoms with E-state index in [-0.39, 0.29) is 24.3 Å². The van der Waals surface area contributed by atoms with Crippen molar-refractivity contribution >= 4 is 39.1 Å². The van der Waals surface area contributed by atoms with E-state index in [4.69, 9.17) is 4.74 Å².